The van der Waals surface area contributed by atoms with Crippen molar-refractivity contribution in [2.45, 2.75) is 44.2 Å². The van der Waals surface area contributed by atoms with Crippen LogP contribution in [0.2, 0.25) is 0 Å². The summed E-state index contributed by atoms with van der Waals surface area (Å²) in [4.78, 5) is 2.61. The van der Waals surface area contributed by atoms with E-state index in [1.54, 1.807) is 5.56 Å². The van der Waals surface area contributed by atoms with Crippen LogP contribution in [-0.2, 0) is 6.54 Å². The number of benzene rings is 1. The van der Waals surface area contributed by atoms with E-state index < -0.39 is 0 Å². The van der Waals surface area contributed by atoms with Crippen LogP contribution in [0.4, 0.5) is 0 Å². The molecule has 2 aliphatic carbocycles. The minimum atomic E-state index is 0. The Balaban J connectivity index is 0.00000121. The van der Waals surface area contributed by atoms with Crippen molar-refractivity contribution in [1.82, 2.24) is 4.90 Å². The second-order valence-electron chi connectivity index (χ2n) is 6.88. The second-order valence-corrected chi connectivity index (χ2v) is 6.88. The zero-order valence-electron chi connectivity index (χ0n) is 12.0. The molecule has 1 aromatic carbocycles. The van der Waals surface area contributed by atoms with Crippen molar-refractivity contribution in [3.8, 4) is 0 Å². The molecule has 3 atom stereocenters. The number of nitrogens with two attached hydrogens (primary N) is 1. The molecule has 0 amide bonds. The topological polar surface area (TPSA) is 29.3 Å². The van der Waals surface area contributed by atoms with Gasteiger partial charge in [0, 0.05) is 25.7 Å². The molecule has 2 nitrogen and oxygen atoms in total. The molecule has 3 unspecified atom stereocenters. The summed E-state index contributed by atoms with van der Waals surface area (Å²) in [5, 5.41) is 0. The van der Waals surface area contributed by atoms with Crippen LogP contribution in [0.3, 0.4) is 0 Å². The van der Waals surface area contributed by atoms with Crippen molar-refractivity contribution < 1.29 is 0 Å². The largest absolute Gasteiger partial charge is 0.327 e. The van der Waals surface area contributed by atoms with Crippen molar-refractivity contribution >= 4 is 12.4 Å². The maximum absolute atomic E-state index is 6.21. The van der Waals surface area contributed by atoms with Crippen LogP contribution in [0.5, 0.6) is 0 Å². The van der Waals surface area contributed by atoms with Crippen LogP contribution >= 0.6 is 12.4 Å². The van der Waals surface area contributed by atoms with Gasteiger partial charge in [-0.2, -0.15) is 0 Å². The first-order valence-corrected chi connectivity index (χ1v) is 7.86. The minimum Gasteiger partial charge on any atom is -0.327 e. The number of fused-ring (bicyclic) bond motifs is 1. The van der Waals surface area contributed by atoms with Gasteiger partial charge in [-0.15, -0.1) is 12.4 Å². The number of hydrogen-bond acceptors (Lipinski definition) is 2. The standard InChI is InChI=1S/C17H24N2.ClH/c18-17-8-7-15-10-19(11-16(15)17)9-12-1-3-13(4-2-12)14-5-6-14;/h1-4,14-17H,5-11,18H2;1H. The molecule has 3 fully saturated rings. The van der Waals surface area contributed by atoms with Gasteiger partial charge in [0.15, 0.2) is 0 Å². The highest BCUT2D eigenvalue weighted by atomic mass is 35.5. The molecule has 3 heteroatoms. The lowest BCUT2D eigenvalue weighted by Gasteiger charge is -2.18. The van der Waals surface area contributed by atoms with Gasteiger partial charge in [0.05, 0.1) is 0 Å². The smallest absolute Gasteiger partial charge is 0.0233 e. The van der Waals surface area contributed by atoms with Crippen LogP contribution in [0.15, 0.2) is 24.3 Å². The van der Waals surface area contributed by atoms with E-state index >= 15 is 0 Å². The molecule has 0 bridgehead atoms. The van der Waals surface area contributed by atoms with Gasteiger partial charge in [-0.3, -0.25) is 4.90 Å². The molecule has 0 spiro atoms. The Bertz CT molecular complexity index is 455. The molecule has 1 saturated heterocycles. The Morgan fingerprint density at radius 1 is 1.00 bits per heavy atom. The lowest BCUT2D eigenvalue weighted by Crippen LogP contribution is -2.30. The van der Waals surface area contributed by atoms with Gasteiger partial charge in [0.1, 0.15) is 0 Å². The average molecular weight is 293 g/mol. The first kappa shape index (κ1) is 14.4. The van der Waals surface area contributed by atoms with E-state index in [2.05, 4.69) is 29.2 Å². The minimum absolute atomic E-state index is 0. The third kappa shape index (κ3) is 2.74. The molecule has 3 aliphatic rings. The number of rotatable bonds is 3. The van der Waals surface area contributed by atoms with Gasteiger partial charge in [0.25, 0.3) is 0 Å². The number of hydrogen-bond donors (Lipinski definition) is 1. The van der Waals surface area contributed by atoms with Crippen LogP contribution < -0.4 is 5.73 Å². The zero-order chi connectivity index (χ0) is 12.8. The van der Waals surface area contributed by atoms with Crippen LogP contribution in [0, 0.1) is 11.8 Å². The Kier molecular flexibility index (Phi) is 4.07. The summed E-state index contributed by atoms with van der Waals surface area (Å²) >= 11 is 0. The fourth-order valence-corrected chi connectivity index (χ4v) is 4.10. The fourth-order valence-electron chi connectivity index (χ4n) is 4.10. The van der Waals surface area contributed by atoms with E-state index in [1.807, 2.05) is 0 Å². The second kappa shape index (κ2) is 5.67. The van der Waals surface area contributed by atoms with Crippen molar-refractivity contribution in [1.29, 1.82) is 0 Å². The summed E-state index contributed by atoms with van der Waals surface area (Å²) in [7, 11) is 0. The number of nitrogens with zero attached hydrogens (tertiary/aromatic N) is 1. The zero-order valence-corrected chi connectivity index (χ0v) is 12.8. The molecule has 1 heterocycles. The highest BCUT2D eigenvalue weighted by molar-refractivity contribution is 5.85. The lowest BCUT2D eigenvalue weighted by molar-refractivity contribution is 0.298. The quantitative estimate of drug-likeness (QED) is 0.927. The van der Waals surface area contributed by atoms with Crippen molar-refractivity contribution in [2.24, 2.45) is 17.6 Å². The Morgan fingerprint density at radius 2 is 1.75 bits per heavy atom. The molecule has 1 aromatic rings. The van der Waals surface area contributed by atoms with E-state index in [1.165, 1.54) is 44.3 Å². The highest BCUT2D eigenvalue weighted by Crippen LogP contribution is 2.40. The Hall–Kier alpha value is -0.570. The van der Waals surface area contributed by atoms with E-state index in [9.17, 15) is 0 Å². The molecule has 110 valence electrons. The highest BCUT2D eigenvalue weighted by Gasteiger charge is 2.40. The van der Waals surface area contributed by atoms with Crippen molar-refractivity contribution in [3.05, 3.63) is 35.4 Å². The number of halogens is 1. The van der Waals surface area contributed by atoms with Gasteiger partial charge in [-0.05, 0) is 54.6 Å². The molecule has 0 aromatic heterocycles. The summed E-state index contributed by atoms with van der Waals surface area (Å²) in [5.41, 5.74) is 9.22. The molecule has 1 aliphatic heterocycles. The predicted molar refractivity (Wildman–Crippen MR) is 85.1 cm³/mol. The maximum atomic E-state index is 6.21. The van der Waals surface area contributed by atoms with Gasteiger partial charge >= 0.3 is 0 Å². The van der Waals surface area contributed by atoms with Gasteiger partial charge in [0.2, 0.25) is 0 Å². The van der Waals surface area contributed by atoms with E-state index in [-0.39, 0.29) is 12.4 Å². The Labute approximate surface area is 128 Å². The SMILES string of the molecule is Cl.NC1CCC2CN(Cc3ccc(C4CC4)cc3)CC12. The van der Waals surface area contributed by atoms with E-state index in [0.717, 1.165) is 24.3 Å². The lowest BCUT2D eigenvalue weighted by atomic mass is 9.98. The summed E-state index contributed by atoms with van der Waals surface area (Å²) < 4.78 is 0. The molecule has 2 saturated carbocycles. The van der Waals surface area contributed by atoms with Gasteiger partial charge < -0.3 is 5.73 Å². The van der Waals surface area contributed by atoms with Crippen LogP contribution in [-0.4, -0.2) is 24.0 Å². The molecule has 4 rings (SSSR count). The molecule has 2 N–H and O–H groups in total. The normalized spacial score (nSPS) is 33.0. The molecular weight excluding hydrogens is 268 g/mol. The average Bonchev–Trinajstić information content (AvgIpc) is 3.11. The van der Waals surface area contributed by atoms with Crippen molar-refractivity contribution in [3.63, 3.8) is 0 Å². The molecule has 20 heavy (non-hydrogen) atoms. The fraction of sp³-hybridized carbons (Fsp3) is 0.647. The Morgan fingerprint density at radius 3 is 2.40 bits per heavy atom. The van der Waals surface area contributed by atoms with Gasteiger partial charge in [-0.1, -0.05) is 24.3 Å². The maximum Gasteiger partial charge on any atom is 0.0233 e. The summed E-state index contributed by atoms with van der Waals surface area (Å²) in [6.07, 6.45) is 5.39. The third-order valence-electron chi connectivity index (χ3n) is 5.42. The van der Waals surface area contributed by atoms with Crippen LogP contribution in [0.1, 0.15) is 42.7 Å². The molecular formula is C17H25ClN2. The first-order chi connectivity index (χ1) is 9.29. The van der Waals surface area contributed by atoms with Crippen molar-refractivity contribution in [2.75, 3.05) is 13.1 Å². The summed E-state index contributed by atoms with van der Waals surface area (Å²) in [6.45, 7) is 3.60. The van der Waals surface area contributed by atoms with E-state index in [4.69, 9.17) is 5.73 Å². The summed E-state index contributed by atoms with van der Waals surface area (Å²) in [5.74, 6) is 2.52. The predicted octanol–water partition coefficient (Wildman–Crippen LogP) is 3.15. The third-order valence-corrected chi connectivity index (χ3v) is 5.42. The number of likely N-dealkylation sites (tertiary alicyclic amines) is 1. The summed E-state index contributed by atoms with van der Waals surface area (Å²) in [6, 6.07) is 9.82. The monoisotopic (exact) mass is 292 g/mol. The van der Waals surface area contributed by atoms with E-state index in [0.29, 0.717) is 6.04 Å². The molecule has 0 radical (unpaired) electrons. The van der Waals surface area contributed by atoms with Crippen LogP contribution in [0.25, 0.3) is 0 Å². The van der Waals surface area contributed by atoms with Gasteiger partial charge in [-0.25, -0.2) is 0 Å². The first-order valence-electron chi connectivity index (χ1n) is 7.86.